The number of amides is 2. The summed E-state index contributed by atoms with van der Waals surface area (Å²) in [6.07, 6.45) is 1.84. The molecule has 1 aromatic rings. The number of urea groups is 1. The fourth-order valence-corrected chi connectivity index (χ4v) is 2.92. The summed E-state index contributed by atoms with van der Waals surface area (Å²) in [7, 11) is 0. The first-order chi connectivity index (χ1) is 9.45. The van der Waals surface area contributed by atoms with Crippen LogP contribution in [0.3, 0.4) is 0 Å². The Morgan fingerprint density at radius 1 is 1.35 bits per heavy atom. The van der Waals surface area contributed by atoms with Crippen LogP contribution >= 0.6 is 15.9 Å². The normalized spacial score (nSPS) is 21.5. The van der Waals surface area contributed by atoms with Crippen LogP contribution in [0.1, 0.15) is 24.8 Å². The molecule has 20 heavy (non-hydrogen) atoms. The molecule has 108 valence electrons. The van der Waals surface area contributed by atoms with Crippen molar-refractivity contribution in [3.05, 3.63) is 28.2 Å². The highest BCUT2D eigenvalue weighted by Crippen LogP contribution is 2.26. The van der Waals surface area contributed by atoms with Gasteiger partial charge in [0.15, 0.2) is 0 Å². The van der Waals surface area contributed by atoms with Crippen molar-refractivity contribution < 1.29 is 14.7 Å². The van der Waals surface area contributed by atoms with E-state index in [-0.39, 0.29) is 18.0 Å². The Kier molecular flexibility index (Phi) is 4.65. The maximum Gasteiger partial charge on any atom is 0.319 e. The molecule has 0 aromatic heterocycles. The van der Waals surface area contributed by atoms with Gasteiger partial charge in [0.05, 0.1) is 5.92 Å². The number of benzene rings is 1. The van der Waals surface area contributed by atoms with Crippen molar-refractivity contribution in [2.75, 3.05) is 5.32 Å². The number of nitrogens with one attached hydrogen (secondary N) is 2. The molecule has 0 radical (unpaired) electrons. The third-order valence-electron chi connectivity index (χ3n) is 3.55. The summed E-state index contributed by atoms with van der Waals surface area (Å²) in [6, 6.07) is 5.26. The van der Waals surface area contributed by atoms with E-state index >= 15 is 0 Å². The minimum atomic E-state index is -0.779. The van der Waals surface area contributed by atoms with Gasteiger partial charge in [0.1, 0.15) is 0 Å². The Hall–Kier alpha value is -1.56. The molecule has 1 aliphatic carbocycles. The predicted molar refractivity (Wildman–Crippen MR) is 79.8 cm³/mol. The first kappa shape index (κ1) is 14.8. The highest BCUT2D eigenvalue weighted by Gasteiger charge is 2.30. The van der Waals surface area contributed by atoms with Crippen molar-refractivity contribution in [1.29, 1.82) is 0 Å². The van der Waals surface area contributed by atoms with Gasteiger partial charge in [0, 0.05) is 16.2 Å². The van der Waals surface area contributed by atoms with Gasteiger partial charge in [-0.2, -0.15) is 0 Å². The first-order valence-corrected chi connectivity index (χ1v) is 7.31. The van der Waals surface area contributed by atoms with Gasteiger partial charge in [-0.25, -0.2) is 4.79 Å². The number of hydrogen-bond acceptors (Lipinski definition) is 2. The summed E-state index contributed by atoms with van der Waals surface area (Å²) in [6.45, 7) is 1.91. The molecule has 0 heterocycles. The van der Waals surface area contributed by atoms with Gasteiger partial charge in [0.2, 0.25) is 0 Å². The number of rotatable bonds is 3. The van der Waals surface area contributed by atoms with Crippen LogP contribution in [0.15, 0.2) is 22.7 Å². The van der Waals surface area contributed by atoms with Gasteiger partial charge >= 0.3 is 12.0 Å². The number of aryl methyl sites for hydroxylation is 1. The maximum absolute atomic E-state index is 11.9. The zero-order chi connectivity index (χ0) is 14.7. The number of carbonyl (C=O) groups is 2. The van der Waals surface area contributed by atoms with Crippen LogP contribution in [0.5, 0.6) is 0 Å². The van der Waals surface area contributed by atoms with Gasteiger partial charge in [-0.05, 0) is 49.9 Å². The third-order valence-corrected chi connectivity index (χ3v) is 4.05. The molecule has 0 aliphatic heterocycles. The molecule has 1 fully saturated rings. The highest BCUT2D eigenvalue weighted by atomic mass is 79.9. The molecule has 2 atom stereocenters. The smallest absolute Gasteiger partial charge is 0.319 e. The molecule has 5 nitrogen and oxygen atoms in total. The molecule has 0 saturated heterocycles. The Morgan fingerprint density at radius 3 is 2.70 bits per heavy atom. The number of halogens is 1. The Morgan fingerprint density at radius 2 is 2.10 bits per heavy atom. The molecule has 0 spiro atoms. The number of carboxylic acid groups (broad SMARTS) is 1. The SMILES string of the molecule is Cc1cc(Br)ccc1NC(=O)N[C@H]1CC[C@@H](C(=O)O)C1. The van der Waals surface area contributed by atoms with E-state index in [1.807, 2.05) is 25.1 Å². The van der Waals surface area contributed by atoms with Crippen molar-refractivity contribution in [3.8, 4) is 0 Å². The number of aliphatic carboxylic acids is 1. The second-order valence-electron chi connectivity index (χ2n) is 5.10. The standard InChI is InChI=1S/C14H17BrN2O3/c1-8-6-10(15)3-5-12(8)17-14(20)16-11-4-2-9(7-11)13(18)19/h3,5-6,9,11H,2,4,7H2,1H3,(H,18,19)(H2,16,17,20)/t9-,11+/m1/s1. The third kappa shape index (κ3) is 3.72. The van der Waals surface area contributed by atoms with Gasteiger partial charge in [0.25, 0.3) is 0 Å². The molecule has 0 unspecified atom stereocenters. The van der Waals surface area contributed by atoms with Crippen molar-refractivity contribution in [1.82, 2.24) is 5.32 Å². The molecule has 1 saturated carbocycles. The van der Waals surface area contributed by atoms with Crippen molar-refractivity contribution >= 4 is 33.6 Å². The molecular formula is C14H17BrN2O3. The van der Waals surface area contributed by atoms with Crippen LogP contribution in [0.2, 0.25) is 0 Å². The molecular weight excluding hydrogens is 324 g/mol. The lowest BCUT2D eigenvalue weighted by Gasteiger charge is -2.14. The Balaban J connectivity index is 1.88. The van der Waals surface area contributed by atoms with Gasteiger partial charge in [-0.1, -0.05) is 15.9 Å². The van der Waals surface area contributed by atoms with Crippen LogP contribution in [-0.4, -0.2) is 23.1 Å². The Bertz CT molecular complexity index is 533. The molecule has 1 aromatic carbocycles. The highest BCUT2D eigenvalue weighted by molar-refractivity contribution is 9.10. The first-order valence-electron chi connectivity index (χ1n) is 6.52. The van der Waals surface area contributed by atoms with Gasteiger partial charge in [-0.15, -0.1) is 0 Å². The lowest BCUT2D eigenvalue weighted by molar-refractivity contribution is -0.141. The summed E-state index contributed by atoms with van der Waals surface area (Å²) in [5.74, 6) is -1.12. The average Bonchev–Trinajstić information content (AvgIpc) is 2.81. The van der Waals surface area contributed by atoms with E-state index in [0.29, 0.717) is 19.3 Å². The van der Waals surface area contributed by atoms with E-state index in [2.05, 4.69) is 26.6 Å². The van der Waals surface area contributed by atoms with Crippen LogP contribution in [0, 0.1) is 12.8 Å². The molecule has 1 aliphatic rings. The molecule has 3 N–H and O–H groups in total. The van der Waals surface area contributed by atoms with E-state index in [4.69, 9.17) is 5.11 Å². The zero-order valence-electron chi connectivity index (χ0n) is 11.1. The summed E-state index contributed by atoms with van der Waals surface area (Å²) in [5, 5.41) is 14.5. The second-order valence-corrected chi connectivity index (χ2v) is 6.02. The number of anilines is 1. The van der Waals surface area contributed by atoms with Crippen molar-refractivity contribution in [2.24, 2.45) is 5.92 Å². The largest absolute Gasteiger partial charge is 0.481 e. The van der Waals surface area contributed by atoms with Crippen LogP contribution in [0.4, 0.5) is 10.5 Å². The fourth-order valence-electron chi connectivity index (χ4n) is 2.45. The topological polar surface area (TPSA) is 78.4 Å². The zero-order valence-corrected chi connectivity index (χ0v) is 12.7. The lowest BCUT2D eigenvalue weighted by Crippen LogP contribution is -2.36. The van der Waals surface area contributed by atoms with Gasteiger partial charge < -0.3 is 15.7 Å². The monoisotopic (exact) mass is 340 g/mol. The summed E-state index contributed by atoms with van der Waals surface area (Å²) in [5.41, 5.74) is 1.71. The summed E-state index contributed by atoms with van der Waals surface area (Å²) < 4.78 is 0.959. The lowest BCUT2D eigenvalue weighted by atomic mass is 10.1. The number of hydrogen-bond donors (Lipinski definition) is 3. The minimum Gasteiger partial charge on any atom is -0.481 e. The predicted octanol–water partition coefficient (Wildman–Crippen LogP) is 3.13. The molecule has 6 heteroatoms. The number of carbonyl (C=O) groups excluding carboxylic acids is 1. The summed E-state index contributed by atoms with van der Waals surface area (Å²) in [4.78, 5) is 22.8. The van der Waals surface area contributed by atoms with E-state index in [1.54, 1.807) is 0 Å². The van der Waals surface area contributed by atoms with E-state index in [1.165, 1.54) is 0 Å². The maximum atomic E-state index is 11.9. The van der Waals surface area contributed by atoms with E-state index in [9.17, 15) is 9.59 Å². The van der Waals surface area contributed by atoms with Crippen LogP contribution < -0.4 is 10.6 Å². The quantitative estimate of drug-likeness (QED) is 0.790. The fraction of sp³-hybridized carbons (Fsp3) is 0.429. The number of carboxylic acids is 1. The Labute approximate surface area is 125 Å². The molecule has 0 bridgehead atoms. The molecule has 2 amide bonds. The van der Waals surface area contributed by atoms with E-state index in [0.717, 1.165) is 15.7 Å². The van der Waals surface area contributed by atoms with Gasteiger partial charge in [-0.3, -0.25) is 4.79 Å². The minimum absolute atomic E-state index is 0.0631. The van der Waals surface area contributed by atoms with Crippen LogP contribution in [0.25, 0.3) is 0 Å². The van der Waals surface area contributed by atoms with Crippen molar-refractivity contribution in [2.45, 2.75) is 32.2 Å². The average molecular weight is 341 g/mol. The second kappa shape index (κ2) is 6.26. The summed E-state index contributed by atoms with van der Waals surface area (Å²) >= 11 is 3.37. The van der Waals surface area contributed by atoms with Crippen LogP contribution in [-0.2, 0) is 4.79 Å². The van der Waals surface area contributed by atoms with Crippen molar-refractivity contribution in [3.63, 3.8) is 0 Å². The van der Waals surface area contributed by atoms with E-state index < -0.39 is 5.97 Å². The molecule has 2 rings (SSSR count).